The third kappa shape index (κ3) is 44.5. The second-order valence-electron chi connectivity index (χ2n) is 33.1. The van der Waals surface area contributed by atoms with Gasteiger partial charge in [-0.1, -0.05) is 123 Å². The molecule has 4 aromatic rings. The first-order valence-electron chi connectivity index (χ1n) is 40.1. The van der Waals surface area contributed by atoms with E-state index in [2.05, 4.69) is 53.7 Å². The van der Waals surface area contributed by atoms with E-state index in [-0.39, 0.29) is 94.5 Å². The van der Waals surface area contributed by atoms with Crippen molar-refractivity contribution in [2.45, 2.75) is 322 Å². The smallest absolute Gasteiger partial charge is 0.422 e. The molecule has 0 amide bonds. The SMILES string of the molecule is CCC(C)(C)C(=O)OC.CCC(C)(C)C(=O)OC(C)OC(C)(C)C.CCC(C)(C)C(=O)OC1CCCCO1.CCC(C)(C)C(=O)OCC(F)(F)F.CCC(C)(C)C(=O)OCCO.CCC(C)(C)C(=O)OCc1c2ccccc2cc2ccccc12.CCOC(=O)C(C)(C)CC.CCOC(C)OC(=O)c1ccc(C(C)CC)cc1.[HH].[HH].[HH].[HH].[HH].[HH].[HH].[HH]. The quantitative estimate of drug-likeness (QED) is 0.0229. The number of aliphatic hydroxyl groups excluding tert-OH is 1. The Kier molecular flexibility index (Phi) is 51.7. The number of fused-ring (bicyclic) bond motifs is 2. The van der Waals surface area contributed by atoms with E-state index in [0.717, 1.165) is 80.5 Å². The largest absolute Gasteiger partial charge is 0.469 e. The number of halogens is 3. The maximum Gasteiger partial charge on any atom is 0.422 e. The van der Waals surface area contributed by atoms with Gasteiger partial charge in [0.2, 0.25) is 12.6 Å². The molecule has 113 heavy (non-hydrogen) atoms. The summed E-state index contributed by atoms with van der Waals surface area (Å²) in [6.07, 6.45) is 3.50. The summed E-state index contributed by atoms with van der Waals surface area (Å²) in [5, 5.41) is 13.0. The molecule has 1 aliphatic rings. The molecule has 1 saturated heterocycles. The molecule has 0 saturated carbocycles. The van der Waals surface area contributed by atoms with E-state index in [1.807, 2.05) is 208 Å². The van der Waals surface area contributed by atoms with Crippen molar-refractivity contribution in [2.24, 2.45) is 37.9 Å². The monoisotopic (exact) mass is 1620 g/mol. The van der Waals surface area contributed by atoms with Crippen molar-refractivity contribution in [3.8, 4) is 0 Å². The molecule has 0 spiro atoms. The minimum Gasteiger partial charge on any atom is -0.469 e. The summed E-state index contributed by atoms with van der Waals surface area (Å²) in [6, 6.07) is 26.3. The van der Waals surface area contributed by atoms with Crippen LogP contribution in [0.2, 0.25) is 0 Å². The number of carbonyl (C=O) groups excluding carboxylic acids is 8. The number of hydrogen-bond acceptors (Lipinski definition) is 20. The Labute approximate surface area is 688 Å². The van der Waals surface area contributed by atoms with E-state index in [9.17, 15) is 51.5 Å². The molecule has 4 atom stereocenters. The first-order valence-corrected chi connectivity index (χ1v) is 40.1. The van der Waals surface area contributed by atoms with Crippen LogP contribution in [0.5, 0.6) is 0 Å². The Morgan fingerprint density at radius 1 is 0.487 bits per heavy atom. The van der Waals surface area contributed by atoms with E-state index < -0.39 is 53.0 Å². The first-order chi connectivity index (χ1) is 52.1. The van der Waals surface area contributed by atoms with Crippen LogP contribution < -0.4 is 0 Å². The lowest BCUT2D eigenvalue weighted by Crippen LogP contribution is -2.34. The first kappa shape index (κ1) is 110. The summed E-state index contributed by atoms with van der Waals surface area (Å²) < 4.78 is 90.5. The highest BCUT2D eigenvalue weighted by atomic mass is 19.4. The molecular formula is C90H163F3O20. The molecule has 1 fully saturated rings. The van der Waals surface area contributed by atoms with Gasteiger partial charge < -0.3 is 57.2 Å². The average molecular weight is 1620 g/mol. The predicted molar refractivity (Wildman–Crippen MR) is 458 cm³/mol. The van der Waals surface area contributed by atoms with Crippen molar-refractivity contribution in [1.29, 1.82) is 0 Å². The van der Waals surface area contributed by atoms with Gasteiger partial charge in [-0.25, -0.2) is 4.79 Å². The Morgan fingerprint density at radius 2 is 0.894 bits per heavy atom. The number of ether oxygens (including phenoxy) is 11. The van der Waals surface area contributed by atoms with Crippen LogP contribution in [0.3, 0.4) is 0 Å². The van der Waals surface area contributed by atoms with Gasteiger partial charge in [-0.2, -0.15) is 13.2 Å². The molecule has 0 aromatic heterocycles. The van der Waals surface area contributed by atoms with Crippen molar-refractivity contribution < 1.29 is 120 Å². The van der Waals surface area contributed by atoms with E-state index in [0.29, 0.717) is 44.3 Å². The summed E-state index contributed by atoms with van der Waals surface area (Å²) in [5.74, 6) is -1.61. The van der Waals surface area contributed by atoms with Crippen LogP contribution in [0.15, 0.2) is 78.9 Å². The normalized spacial score (nSPS) is 13.9. The fourth-order valence-electron chi connectivity index (χ4n) is 8.47. The van der Waals surface area contributed by atoms with Crippen molar-refractivity contribution in [2.75, 3.05) is 46.8 Å². The summed E-state index contributed by atoms with van der Waals surface area (Å²) >= 11 is 0. The molecule has 20 nitrogen and oxygen atoms in total. The standard InChI is InChI=1S/C21H22O2.C15H22O3.C12H24O3.C11H20O3.C8H13F3O2.C8H16O3.C8H16O2.C7H14O2.8H2/c1-4-21(2,3)20(22)23-14-19-17-11-7-5-9-15(17)13-16-10-6-8-12-18(16)19;1-5-11(3)13-7-9-14(10-8-13)15(16)18-12(4)17-6-2;1-8-12(6,7)10(13)14-9(2)15-11(3,4)5;1-4-11(2,3)10(12)14-9-7-5-6-8-13-9;1-4-7(2,3)6(12)13-5-8(9,10)11;1-4-8(2,3)7(10)11-6-5-9;1-5-8(3,4)7(9)10-6-2;1-5-7(2,3)6(8)9-4;;;;;;;;/h5-13H,4,14H2,1-3H3;7-12H,5-6H2,1-4H3;9H,8H2,1-7H3;9H,4-8H2,1-3H3;4-5H2,1-3H3;9H,4-6H2,1-3H3;5-6H2,1-4H3;5H2,1-4H3;8*1H. The molecule has 4 unspecified atom stereocenters. The molecule has 1 heterocycles. The summed E-state index contributed by atoms with van der Waals surface area (Å²) in [6.45, 7) is 57.0. The molecule has 1 aliphatic heterocycles. The highest BCUT2D eigenvalue weighted by molar-refractivity contribution is 6.02. The second kappa shape index (κ2) is 53.1. The third-order valence-electron chi connectivity index (χ3n) is 19.6. The number of alkyl halides is 3. The van der Waals surface area contributed by atoms with Crippen LogP contribution in [0.4, 0.5) is 13.2 Å². The van der Waals surface area contributed by atoms with Gasteiger partial charge in [-0.15, -0.1) is 0 Å². The predicted octanol–water partition coefficient (Wildman–Crippen LogP) is 23.9. The van der Waals surface area contributed by atoms with Crippen molar-refractivity contribution in [3.05, 3.63) is 95.6 Å². The fraction of sp³-hybridized carbons (Fsp3) is 0.689. The summed E-state index contributed by atoms with van der Waals surface area (Å²) in [7, 11) is 1.42. The maximum absolute atomic E-state index is 12.3. The highest BCUT2D eigenvalue weighted by Gasteiger charge is 2.36. The topological polar surface area (TPSA) is 258 Å². The second-order valence-corrected chi connectivity index (χ2v) is 33.1. The van der Waals surface area contributed by atoms with Crippen molar-refractivity contribution in [3.63, 3.8) is 0 Å². The number of rotatable bonds is 29. The zero-order valence-corrected chi connectivity index (χ0v) is 74.9. The zero-order chi connectivity index (χ0) is 88.2. The molecule has 0 radical (unpaired) electrons. The van der Waals surface area contributed by atoms with Crippen LogP contribution in [0.25, 0.3) is 21.5 Å². The lowest BCUT2D eigenvalue weighted by molar-refractivity contribution is -0.205. The van der Waals surface area contributed by atoms with Crippen molar-refractivity contribution >= 4 is 69.3 Å². The minimum atomic E-state index is -4.44. The number of esters is 8. The minimum absolute atomic E-state index is 0. The molecule has 664 valence electrons. The van der Waals surface area contributed by atoms with Crippen LogP contribution in [-0.4, -0.2) is 130 Å². The van der Waals surface area contributed by atoms with Gasteiger partial charge in [0.1, 0.15) is 13.2 Å². The number of benzene rings is 4. The number of carbonyl (C=O) groups is 8. The Morgan fingerprint density at radius 3 is 1.27 bits per heavy atom. The van der Waals surface area contributed by atoms with Crippen molar-refractivity contribution in [1.82, 2.24) is 0 Å². The van der Waals surface area contributed by atoms with E-state index >= 15 is 0 Å². The van der Waals surface area contributed by atoms with Gasteiger partial charge in [-0.05, 0) is 261 Å². The summed E-state index contributed by atoms with van der Waals surface area (Å²) in [4.78, 5) is 91.5. The highest BCUT2D eigenvalue weighted by Crippen LogP contribution is 2.33. The van der Waals surface area contributed by atoms with Gasteiger partial charge >= 0.3 is 53.9 Å². The maximum atomic E-state index is 12.3. The Bertz CT molecular complexity index is 3400. The number of methoxy groups -OCH3 is 1. The molecule has 5 rings (SSSR count). The molecule has 1 N–H and O–H groups in total. The molecule has 0 bridgehead atoms. The number of aliphatic hydroxyl groups is 1. The van der Waals surface area contributed by atoms with Crippen LogP contribution in [-0.2, 0) is 92.3 Å². The van der Waals surface area contributed by atoms with Gasteiger partial charge in [0.05, 0.1) is 76.0 Å². The van der Waals surface area contributed by atoms with Gasteiger partial charge in [0.15, 0.2) is 12.9 Å². The molecule has 23 heteroatoms. The van der Waals surface area contributed by atoms with Crippen LogP contribution in [0, 0.1) is 37.9 Å². The van der Waals surface area contributed by atoms with Crippen LogP contribution in [0.1, 0.15) is 317 Å². The van der Waals surface area contributed by atoms with Crippen LogP contribution >= 0.6 is 0 Å². The average Bonchev–Trinajstić information content (AvgIpc) is 0.774. The third-order valence-corrected chi connectivity index (χ3v) is 19.6. The van der Waals surface area contributed by atoms with Gasteiger partial charge in [0, 0.05) is 30.0 Å². The van der Waals surface area contributed by atoms with E-state index in [4.69, 9.17) is 47.7 Å². The Hall–Kier alpha value is -7.21. The van der Waals surface area contributed by atoms with Gasteiger partial charge in [0.25, 0.3) is 0 Å². The Balaban J connectivity index is -0.000000128. The molecular weight excluding hydrogens is 1460 g/mol. The lowest BCUT2D eigenvalue weighted by Gasteiger charge is -2.28. The number of hydrogen-bond donors (Lipinski definition) is 1. The molecule has 4 aromatic carbocycles. The zero-order valence-electron chi connectivity index (χ0n) is 74.9. The van der Waals surface area contributed by atoms with E-state index in [1.165, 1.54) is 23.4 Å². The summed E-state index contributed by atoms with van der Waals surface area (Å²) in [5.41, 5.74) is -0.558. The fourth-order valence-corrected chi connectivity index (χ4v) is 8.47. The lowest BCUT2D eigenvalue weighted by atomic mass is 9.90. The van der Waals surface area contributed by atoms with E-state index in [1.54, 1.807) is 34.6 Å². The van der Waals surface area contributed by atoms with Gasteiger partial charge in [-0.3, -0.25) is 33.6 Å². The molecule has 0 aliphatic carbocycles.